The molecule has 0 atom stereocenters. The maximum Gasteiger partial charge on any atom is 0.222 e. The van der Waals surface area contributed by atoms with Crippen molar-refractivity contribution in [1.82, 2.24) is 9.29 Å². The smallest absolute Gasteiger partial charge is 0.222 e. The molecule has 0 saturated carbocycles. The number of ether oxygens (including phenoxy) is 1. The van der Waals surface area contributed by atoms with E-state index < -0.39 is 10.0 Å². The summed E-state index contributed by atoms with van der Waals surface area (Å²) >= 11 is 0. The number of aryl methyl sites for hydroxylation is 2. The summed E-state index contributed by atoms with van der Waals surface area (Å²) in [6, 6.07) is 8.31. The summed E-state index contributed by atoms with van der Waals surface area (Å²) in [5.41, 5.74) is 2.16. The molecule has 1 aromatic carbocycles. The molecule has 0 unspecified atom stereocenters. The summed E-state index contributed by atoms with van der Waals surface area (Å²) in [7, 11) is -3.11. The van der Waals surface area contributed by atoms with E-state index >= 15 is 0 Å². The first kappa shape index (κ1) is 17.2. The van der Waals surface area contributed by atoms with Crippen molar-refractivity contribution in [3.05, 3.63) is 35.5 Å². The Morgan fingerprint density at radius 3 is 2.62 bits per heavy atom. The van der Waals surface area contributed by atoms with Crippen LogP contribution in [0.15, 0.2) is 24.3 Å². The molecule has 0 aliphatic carbocycles. The third-order valence-electron chi connectivity index (χ3n) is 4.60. The minimum absolute atomic E-state index is 0.00501. The van der Waals surface area contributed by atoms with Gasteiger partial charge in [-0.15, -0.1) is 0 Å². The molecular weight excluding hydrogens is 324 g/mol. The Morgan fingerprint density at radius 1 is 1.29 bits per heavy atom. The molecule has 0 spiro atoms. The van der Waals surface area contributed by atoms with Gasteiger partial charge in [-0.05, 0) is 43.2 Å². The summed E-state index contributed by atoms with van der Waals surface area (Å²) in [5.74, 6) is 0.681. The number of nitrogens with zero attached hydrogens (tertiary/aromatic N) is 2. The number of benzene rings is 1. The van der Waals surface area contributed by atoms with Crippen LogP contribution in [0.2, 0.25) is 0 Å². The number of rotatable bonds is 4. The van der Waals surface area contributed by atoms with Gasteiger partial charge in [-0.2, -0.15) is 0 Å². The van der Waals surface area contributed by atoms with Crippen molar-refractivity contribution in [2.24, 2.45) is 0 Å². The SMILES string of the molecule is CCc1cc2cccc(C)c2c(OC2CCN(S(C)(=O)=O)CC2)n1. The molecule has 0 radical (unpaired) electrons. The molecule has 2 heterocycles. The average Bonchev–Trinajstić information content (AvgIpc) is 2.54. The highest BCUT2D eigenvalue weighted by Gasteiger charge is 2.26. The number of fused-ring (bicyclic) bond motifs is 1. The second kappa shape index (κ2) is 6.69. The summed E-state index contributed by atoms with van der Waals surface area (Å²) in [6.45, 7) is 5.16. The highest BCUT2D eigenvalue weighted by Crippen LogP contribution is 2.30. The highest BCUT2D eigenvalue weighted by atomic mass is 32.2. The van der Waals surface area contributed by atoms with Gasteiger partial charge < -0.3 is 4.74 Å². The quantitative estimate of drug-likeness (QED) is 0.852. The summed E-state index contributed by atoms with van der Waals surface area (Å²) in [5, 5.41) is 2.20. The number of pyridine rings is 1. The number of piperidine rings is 1. The van der Waals surface area contributed by atoms with Gasteiger partial charge in [0.2, 0.25) is 15.9 Å². The molecule has 1 aliphatic heterocycles. The van der Waals surface area contributed by atoms with Crippen molar-refractivity contribution >= 4 is 20.8 Å². The van der Waals surface area contributed by atoms with Crippen molar-refractivity contribution in [1.29, 1.82) is 0 Å². The standard InChI is InChI=1S/C18H24N2O3S/c1-4-15-12-14-7-5-6-13(2)17(14)18(19-15)23-16-8-10-20(11-9-16)24(3,21)22/h5-7,12,16H,4,8-11H2,1-3H3. The van der Waals surface area contributed by atoms with Gasteiger partial charge in [-0.25, -0.2) is 17.7 Å². The fourth-order valence-corrected chi connectivity index (χ4v) is 4.08. The van der Waals surface area contributed by atoms with Crippen LogP contribution in [0.5, 0.6) is 5.88 Å². The van der Waals surface area contributed by atoms with Crippen LogP contribution in [0.1, 0.15) is 31.0 Å². The molecule has 1 fully saturated rings. The minimum Gasteiger partial charge on any atom is -0.474 e. The Balaban J connectivity index is 1.85. The van der Waals surface area contributed by atoms with Crippen molar-refractivity contribution in [2.75, 3.05) is 19.3 Å². The maximum absolute atomic E-state index is 11.6. The van der Waals surface area contributed by atoms with Gasteiger partial charge in [-0.3, -0.25) is 0 Å². The number of sulfonamides is 1. The molecule has 1 aliphatic rings. The Labute approximate surface area is 143 Å². The monoisotopic (exact) mass is 348 g/mol. The maximum atomic E-state index is 11.6. The Morgan fingerprint density at radius 2 is 2.00 bits per heavy atom. The number of aromatic nitrogens is 1. The third-order valence-corrected chi connectivity index (χ3v) is 5.90. The van der Waals surface area contributed by atoms with Crippen molar-refractivity contribution in [3.63, 3.8) is 0 Å². The molecule has 0 bridgehead atoms. The fourth-order valence-electron chi connectivity index (χ4n) is 3.21. The average molecular weight is 348 g/mol. The first-order valence-corrected chi connectivity index (χ1v) is 10.2. The number of hydrogen-bond acceptors (Lipinski definition) is 4. The van der Waals surface area contributed by atoms with Crippen LogP contribution < -0.4 is 4.74 Å². The Kier molecular flexibility index (Phi) is 4.78. The predicted molar refractivity (Wildman–Crippen MR) is 95.9 cm³/mol. The van der Waals surface area contributed by atoms with Crippen LogP contribution in [0.4, 0.5) is 0 Å². The summed E-state index contributed by atoms with van der Waals surface area (Å²) in [4.78, 5) is 4.69. The lowest BCUT2D eigenvalue weighted by atomic mass is 10.1. The zero-order valence-electron chi connectivity index (χ0n) is 14.4. The van der Waals surface area contributed by atoms with Gasteiger partial charge in [0.1, 0.15) is 6.10 Å². The summed E-state index contributed by atoms with van der Waals surface area (Å²) in [6.07, 6.45) is 3.51. The van der Waals surface area contributed by atoms with Crippen molar-refractivity contribution in [3.8, 4) is 5.88 Å². The minimum atomic E-state index is -3.11. The van der Waals surface area contributed by atoms with Gasteiger partial charge in [0.25, 0.3) is 0 Å². The topological polar surface area (TPSA) is 59.5 Å². The van der Waals surface area contributed by atoms with E-state index in [1.165, 1.54) is 10.6 Å². The molecule has 24 heavy (non-hydrogen) atoms. The van der Waals surface area contributed by atoms with Crippen molar-refractivity contribution in [2.45, 2.75) is 39.2 Å². The molecule has 3 rings (SSSR count). The predicted octanol–water partition coefficient (Wildman–Crippen LogP) is 2.91. The van der Waals surface area contributed by atoms with Crippen LogP contribution in [0, 0.1) is 6.92 Å². The van der Waals surface area contributed by atoms with Gasteiger partial charge in [0, 0.05) is 24.2 Å². The van der Waals surface area contributed by atoms with E-state index in [0.29, 0.717) is 31.8 Å². The third kappa shape index (κ3) is 3.54. The van der Waals surface area contributed by atoms with Gasteiger partial charge in [0.05, 0.1) is 6.26 Å². The van der Waals surface area contributed by atoms with Crippen molar-refractivity contribution < 1.29 is 13.2 Å². The zero-order chi connectivity index (χ0) is 17.3. The van der Waals surface area contributed by atoms with Crippen LogP contribution in [0.25, 0.3) is 10.8 Å². The summed E-state index contributed by atoms with van der Waals surface area (Å²) < 4.78 is 31.0. The van der Waals surface area contributed by atoms with E-state index in [1.807, 2.05) is 6.07 Å². The van der Waals surface area contributed by atoms with Crippen LogP contribution in [-0.2, 0) is 16.4 Å². The molecule has 5 nitrogen and oxygen atoms in total. The normalized spacial score (nSPS) is 17.3. The molecule has 1 saturated heterocycles. The molecule has 6 heteroatoms. The first-order valence-electron chi connectivity index (χ1n) is 8.39. The van der Waals surface area contributed by atoms with Gasteiger partial charge >= 0.3 is 0 Å². The first-order chi connectivity index (χ1) is 11.4. The lowest BCUT2D eigenvalue weighted by molar-refractivity contribution is 0.132. The Hall–Kier alpha value is -1.66. The van der Waals surface area contributed by atoms with Crippen LogP contribution >= 0.6 is 0 Å². The zero-order valence-corrected chi connectivity index (χ0v) is 15.3. The molecular formula is C18H24N2O3S. The van der Waals surface area contributed by atoms with E-state index in [2.05, 4.69) is 37.0 Å². The lowest BCUT2D eigenvalue weighted by Gasteiger charge is -2.30. The fraction of sp³-hybridized carbons (Fsp3) is 0.500. The van der Waals surface area contributed by atoms with E-state index in [-0.39, 0.29) is 6.10 Å². The van der Waals surface area contributed by atoms with Crippen LogP contribution in [0.3, 0.4) is 0 Å². The molecule has 130 valence electrons. The molecule has 2 aromatic rings. The van der Waals surface area contributed by atoms with E-state index in [4.69, 9.17) is 4.74 Å². The second-order valence-corrected chi connectivity index (χ2v) is 8.41. The lowest BCUT2D eigenvalue weighted by Crippen LogP contribution is -2.41. The van der Waals surface area contributed by atoms with E-state index in [9.17, 15) is 8.42 Å². The number of hydrogen-bond donors (Lipinski definition) is 0. The van der Waals surface area contributed by atoms with E-state index in [0.717, 1.165) is 28.5 Å². The Bertz CT molecular complexity index is 841. The molecule has 1 aromatic heterocycles. The second-order valence-electron chi connectivity index (χ2n) is 6.42. The molecule has 0 amide bonds. The molecule has 0 N–H and O–H groups in total. The highest BCUT2D eigenvalue weighted by molar-refractivity contribution is 7.88. The van der Waals surface area contributed by atoms with Gasteiger partial charge in [-0.1, -0.05) is 25.1 Å². The van der Waals surface area contributed by atoms with E-state index in [1.54, 1.807) is 0 Å². The largest absolute Gasteiger partial charge is 0.474 e. The van der Waals surface area contributed by atoms with Gasteiger partial charge in [0.15, 0.2) is 0 Å². The van der Waals surface area contributed by atoms with Crippen LogP contribution in [-0.4, -0.2) is 43.2 Å².